The van der Waals surface area contributed by atoms with Crippen LogP contribution in [0.15, 0.2) is 47.5 Å². The van der Waals surface area contributed by atoms with Gasteiger partial charge in [0.05, 0.1) is 5.69 Å². The Bertz CT molecular complexity index is 968. The molecule has 3 aromatic rings. The molecule has 0 aliphatic rings. The third-order valence-corrected chi connectivity index (χ3v) is 6.25. The summed E-state index contributed by atoms with van der Waals surface area (Å²) in [5.74, 6) is 0. The number of aliphatic imine (C=N–C) groups is 1. The Balaban J connectivity index is 1.99. The van der Waals surface area contributed by atoms with E-state index < -0.39 is 0 Å². The molecule has 0 N–H and O–H groups in total. The van der Waals surface area contributed by atoms with Crippen molar-refractivity contribution in [2.24, 2.45) is 4.99 Å². The fourth-order valence-electron chi connectivity index (χ4n) is 2.99. The molecule has 1 heterocycles. The summed E-state index contributed by atoms with van der Waals surface area (Å²) in [6.45, 7) is 8.56. The first-order valence-electron chi connectivity index (χ1n) is 8.12. The van der Waals surface area contributed by atoms with Crippen LogP contribution in [0.1, 0.15) is 28.1 Å². The second-order valence-corrected chi connectivity index (χ2v) is 8.69. The molecule has 1 aromatic heterocycles. The van der Waals surface area contributed by atoms with Crippen molar-refractivity contribution in [2.75, 3.05) is 0 Å². The number of aryl methyl sites for hydroxylation is 3. The van der Waals surface area contributed by atoms with Crippen molar-refractivity contribution < 1.29 is 0 Å². The molecule has 0 amide bonds. The molecule has 0 atom stereocenters. The van der Waals surface area contributed by atoms with Gasteiger partial charge in [0.2, 0.25) is 0 Å². The van der Waals surface area contributed by atoms with Gasteiger partial charge in [-0.05, 0) is 126 Å². The standard InChI is InChI=1S/C21H20I2N2/c1-13-10-19(6-7-20(13)23)25-15(3)11-17(16(25)4)12-24-21-8-5-18(22)9-14(21)2/h5-12H,1-4H3. The minimum atomic E-state index is 1.02. The summed E-state index contributed by atoms with van der Waals surface area (Å²) >= 11 is 4.71. The average Bonchev–Trinajstić information content (AvgIpc) is 2.83. The molecule has 0 bridgehead atoms. The van der Waals surface area contributed by atoms with Crippen LogP contribution in [0.5, 0.6) is 0 Å². The Kier molecular flexibility index (Phi) is 5.68. The highest BCUT2D eigenvalue weighted by atomic mass is 127. The van der Waals surface area contributed by atoms with E-state index in [-0.39, 0.29) is 0 Å². The van der Waals surface area contributed by atoms with Crippen LogP contribution < -0.4 is 0 Å². The van der Waals surface area contributed by atoms with E-state index in [1.165, 1.54) is 35.3 Å². The Morgan fingerprint density at radius 1 is 0.880 bits per heavy atom. The number of hydrogen-bond acceptors (Lipinski definition) is 1. The van der Waals surface area contributed by atoms with Gasteiger partial charge in [0.25, 0.3) is 0 Å². The molecule has 0 unspecified atom stereocenters. The molecule has 0 spiro atoms. The van der Waals surface area contributed by atoms with Gasteiger partial charge < -0.3 is 4.57 Å². The summed E-state index contributed by atoms with van der Waals surface area (Å²) < 4.78 is 4.83. The molecule has 0 saturated heterocycles. The number of nitrogens with zero attached hydrogens (tertiary/aromatic N) is 2. The number of aromatic nitrogens is 1. The number of hydrogen-bond donors (Lipinski definition) is 0. The second-order valence-electron chi connectivity index (χ2n) is 6.28. The van der Waals surface area contributed by atoms with Gasteiger partial charge in [0.15, 0.2) is 0 Å². The SMILES string of the molecule is Cc1cc(-n2c(C)cc(C=Nc3ccc(I)cc3C)c2C)ccc1I. The summed E-state index contributed by atoms with van der Waals surface area (Å²) in [5, 5.41) is 0. The van der Waals surface area contributed by atoms with Crippen LogP contribution >= 0.6 is 45.2 Å². The van der Waals surface area contributed by atoms with Gasteiger partial charge in [0, 0.05) is 36.0 Å². The molecule has 4 heteroatoms. The molecular formula is C21H20I2N2. The van der Waals surface area contributed by atoms with E-state index in [1.807, 2.05) is 6.21 Å². The van der Waals surface area contributed by atoms with Crippen molar-refractivity contribution in [3.8, 4) is 5.69 Å². The molecule has 128 valence electrons. The maximum absolute atomic E-state index is 4.71. The Labute approximate surface area is 176 Å². The third-order valence-electron chi connectivity index (χ3n) is 4.37. The summed E-state index contributed by atoms with van der Waals surface area (Å²) in [6, 6.07) is 15.1. The molecule has 3 rings (SSSR count). The fourth-order valence-corrected chi connectivity index (χ4v) is 3.97. The van der Waals surface area contributed by atoms with E-state index in [9.17, 15) is 0 Å². The molecule has 0 radical (unpaired) electrons. The fraction of sp³-hybridized carbons (Fsp3) is 0.190. The van der Waals surface area contributed by atoms with Crippen molar-refractivity contribution in [1.82, 2.24) is 4.57 Å². The van der Waals surface area contributed by atoms with Crippen molar-refractivity contribution in [2.45, 2.75) is 27.7 Å². The zero-order chi connectivity index (χ0) is 18.1. The van der Waals surface area contributed by atoms with Crippen LogP contribution in [-0.4, -0.2) is 10.8 Å². The highest BCUT2D eigenvalue weighted by molar-refractivity contribution is 14.1. The Hall–Kier alpha value is -1.15. The zero-order valence-electron chi connectivity index (χ0n) is 14.8. The molecule has 0 aliphatic heterocycles. The summed E-state index contributed by atoms with van der Waals surface area (Å²) in [6.07, 6.45) is 1.98. The monoisotopic (exact) mass is 554 g/mol. The molecule has 0 fully saturated rings. The van der Waals surface area contributed by atoms with Gasteiger partial charge in [-0.25, -0.2) is 0 Å². The van der Waals surface area contributed by atoms with Crippen LogP contribution in [0.2, 0.25) is 0 Å². The number of halogens is 2. The van der Waals surface area contributed by atoms with E-state index >= 15 is 0 Å². The van der Waals surface area contributed by atoms with E-state index in [0.29, 0.717) is 0 Å². The normalized spacial score (nSPS) is 11.4. The predicted molar refractivity (Wildman–Crippen MR) is 124 cm³/mol. The van der Waals surface area contributed by atoms with Crippen molar-refractivity contribution in [1.29, 1.82) is 0 Å². The van der Waals surface area contributed by atoms with Crippen molar-refractivity contribution >= 4 is 57.1 Å². The first-order chi connectivity index (χ1) is 11.9. The lowest BCUT2D eigenvalue weighted by molar-refractivity contribution is 0.962. The maximum atomic E-state index is 4.71. The molecule has 0 saturated carbocycles. The van der Waals surface area contributed by atoms with Gasteiger partial charge in [-0.3, -0.25) is 4.99 Å². The van der Waals surface area contributed by atoms with Crippen LogP contribution in [0.3, 0.4) is 0 Å². The minimum Gasteiger partial charge on any atom is -0.318 e. The first kappa shape index (κ1) is 18.6. The van der Waals surface area contributed by atoms with Crippen LogP contribution in [-0.2, 0) is 0 Å². The summed E-state index contributed by atoms with van der Waals surface area (Å²) in [4.78, 5) is 4.71. The van der Waals surface area contributed by atoms with Gasteiger partial charge >= 0.3 is 0 Å². The Morgan fingerprint density at radius 2 is 1.64 bits per heavy atom. The van der Waals surface area contributed by atoms with Crippen molar-refractivity contribution in [3.63, 3.8) is 0 Å². The third kappa shape index (κ3) is 4.00. The second kappa shape index (κ2) is 7.61. The van der Waals surface area contributed by atoms with Crippen LogP contribution in [0, 0.1) is 34.8 Å². The first-order valence-corrected chi connectivity index (χ1v) is 10.3. The van der Waals surface area contributed by atoms with Crippen molar-refractivity contribution in [3.05, 3.63) is 77.7 Å². The highest BCUT2D eigenvalue weighted by Crippen LogP contribution is 2.24. The lowest BCUT2D eigenvalue weighted by Crippen LogP contribution is -2.00. The lowest BCUT2D eigenvalue weighted by atomic mass is 10.2. The highest BCUT2D eigenvalue weighted by Gasteiger charge is 2.10. The van der Waals surface area contributed by atoms with Crippen LogP contribution in [0.25, 0.3) is 5.69 Å². The molecular weight excluding hydrogens is 534 g/mol. The average molecular weight is 554 g/mol. The van der Waals surface area contributed by atoms with E-state index in [4.69, 9.17) is 4.99 Å². The van der Waals surface area contributed by atoms with E-state index in [0.717, 1.165) is 11.3 Å². The molecule has 2 nitrogen and oxygen atoms in total. The summed E-state index contributed by atoms with van der Waals surface area (Å²) in [7, 11) is 0. The number of rotatable bonds is 3. The van der Waals surface area contributed by atoms with Crippen LogP contribution in [0.4, 0.5) is 5.69 Å². The maximum Gasteiger partial charge on any atom is 0.0659 e. The largest absolute Gasteiger partial charge is 0.318 e. The Morgan fingerprint density at radius 3 is 2.32 bits per heavy atom. The van der Waals surface area contributed by atoms with E-state index in [1.54, 1.807) is 0 Å². The van der Waals surface area contributed by atoms with Gasteiger partial charge in [-0.2, -0.15) is 0 Å². The predicted octanol–water partition coefficient (Wildman–Crippen LogP) is 6.67. The molecule has 0 aliphatic carbocycles. The quantitative estimate of drug-likeness (QED) is 0.254. The summed E-state index contributed by atoms with van der Waals surface area (Å²) in [5.41, 5.74) is 8.32. The zero-order valence-corrected chi connectivity index (χ0v) is 19.1. The number of benzene rings is 2. The smallest absolute Gasteiger partial charge is 0.0659 e. The topological polar surface area (TPSA) is 17.3 Å². The molecule has 2 aromatic carbocycles. The lowest BCUT2D eigenvalue weighted by Gasteiger charge is -2.11. The van der Waals surface area contributed by atoms with E-state index in [2.05, 4.69) is 120 Å². The minimum absolute atomic E-state index is 1.02. The molecule has 25 heavy (non-hydrogen) atoms. The van der Waals surface area contributed by atoms with Gasteiger partial charge in [-0.1, -0.05) is 0 Å². The van der Waals surface area contributed by atoms with Gasteiger partial charge in [0.1, 0.15) is 0 Å². The van der Waals surface area contributed by atoms with Gasteiger partial charge in [-0.15, -0.1) is 0 Å².